The Morgan fingerprint density at radius 3 is 2.50 bits per heavy atom. The summed E-state index contributed by atoms with van der Waals surface area (Å²) in [5.41, 5.74) is 0.692. The molecule has 1 aromatic heterocycles. The number of carbonyl (C=O) groups excluding carboxylic acids is 1. The van der Waals surface area contributed by atoms with Crippen molar-refractivity contribution in [3.8, 4) is 0 Å². The zero-order valence-electron chi connectivity index (χ0n) is 10.4. The molecule has 1 aromatic carbocycles. The Hall–Kier alpha value is -2.28. The fourth-order valence-corrected chi connectivity index (χ4v) is 1.90. The van der Waals surface area contributed by atoms with E-state index >= 15 is 0 Å². The first kappa shape index (κ1) is 14.1. The van der Waals surface area contributed by atoms with E-state index in [1.807, 2.05) is 0 Å². The number of aryl methyl sites for hydroxylation is 1. The van der Waals surface area contributed by atoms with Crippen molar-refractivity contribution in [3.63, 3.8) is 0 Å². The van der Waals surface area contributed by atoms with Crippen molar-refractivity contribution in [2.45, 2.75) is 6.92 Å². The Balaban J connectivity index is 2.29. The number of hydrogen-bond donors (Lipinski definition) is 2. The van der Waals surface area contributed by atoms with Crippen LogP contribution < -0.4 is 5.32 Å². The summed E-state index contributed by atoms with van der Waals surface area (Å²) in [4.78, 5) is 23.2. The van der Waals surface area contributed by atoms with E-state index in [0.717, 1.165) is 5.69 Å². The van der Waals surface area contributed by atoms with Gasteiger partial charge in [-0.2, -0.15) is 5.10 Å². The summed E-state index contributed by atoms with van der Waals surface area (Å²) < 4.78 is 0.585. The second-order valence-corrected chi connectivity index (χ2v) is 4.92. The Labute approximate surface area is 123 Å². The minimum absolute atomic E-state index is 0.0584. The second kappa shape index (κ2) is 5.79. The Kier molecular flexibility index (Phi) is 4.09. The molecule has 0 spiro atoms. The Morgan fingerprint density at radius 2 is 1.90 bits per heavy atom. The highest BCUT2D eigenvalue weighted by Crippen LogP contribution is 2.18. The van der Waals surface area contributed by atoms with Crippen molar-refractivity contribution in [1.29, 1.82) is 0 Å². The van der Waals surface area contributed by atoms with Gasteiger partial charge >= 0.3 is 5.97 Å². The molecule has 6 nitrogen and oxygen atoms in total. The summed E-state index contributed by atoms with van der Waals surface area (Å²) >= 11 is 3.17. The first-order valence-electron chi connectivity index (χ1n) is 5.62. The average molecular weight is 336 g/mol. The summed E-state index contributed by atoms with van der Waals surface area (Å²) in [5.74, 6) is -1.46. The van der Waals surface area contributed by atoms with E-state index in [1.54, 1.807) is 25.1 Å². The smallest absolute Gasteiger partial charge is 0.336 e. The van der Waals surface area contributed by atoms with Gasteiger partial charge in [-0.05, 0) is 37.3 Å². The van der Waals surface area contributed by atoms with Crippen LogP contribution >= 0.6 is 15.9 Å². The molecule has 1 heterocycles. The number of carbonyl (C=O) groups is 2. The van der Waals surface area contributed by atoms with Gasteiger partial charge in [0.05, 0.1) is 16.8 Å². The Bertz CT molecular complexity index is 671. The maximum Gasteiger partial charge on any atom is 0.336 e. The predicted octanol–water partition coefficient (Wildman–Crippen LogP) is 2.50. The van der Waals surface area contributed by atoms with Crippen molar-refractivity contribution in [1.82, 2.24) is 10.2 Å². The monoisotopic (exact) mass is 335 g/mol. The lowest BCUT2D eigenvalue weighted by atomic mass is 10.1. The van der Waals surface area contributed by atoms with Crippen LogP contribution in [-0.4, -0.2) is 27.2 Å². The topological polar surface area (TPSA) is 92.2 Å². The number of hydrogen-bond acceptors (Lipinski definition) is 4. The number of aromatic carboxylic acids is 1. The molecule has 0 aliphatic heterocycles. The van der Waals surface area contributed by atoms with Crippen LogP contribution in [0.15, 0.2) is 34.8 Å². The van der Waals surface area contributed by atoms with Gasteiger partial charge in [0.15, 0.2) is 5.82 Å². The summed E-state index contributed by atoms with van der Waals surface area (Å²) in [5, 5.41) is 19.2. The van der Waals surface area contributed by atoms with E-state index < -0.39 is 11.9 Å². The number of carboxylic acid groups (broad SMARTS) is 1. The molecule has 7 heteroatoms. The van der Waals surface area contributed by atoms with Gasteiger partial charge in [-0.3, -0.25) is 4.79 Å². The molecule has 2 rings (SSSR count). The molecule has 2 N–H and O–H groups in total. The largest absolute Gasteiger partial charge is 0.478 e. The fraction of sp³-hybridized carbons (Fsp3) is 0.0769. The summed E-state index contributed by atoms with van der Waals surface area (Å²) in [7, 11) is 0. The zero-order chi connectivity index (χ0) is 14.7. The molecule has 0 aliphatic carbocycles. The van der Waals surface area contributed by atoms with Crippen LogP contribution in [0, 0.1) is 6.92 Å². The average Bonchev–Trinajstić information content (AvgIpc) is 2.41. The fourth-order valence-electron chi connectivity index (χ4n) is 1.54. The van der Waals surface area contributed by atoms with Crippen LogP contribution in [0.2, 0.25) is 0 Å². The molecule has 0 radical (unpaired) electrons. The lowest BCUT2D eigenvalue weighted by Gasteiger charge is -2.07. The molecular formula is C13H10BrN3O3. The lowest BCUT2D eigenvalue weighted by Crippen LogP contribution is -2.17. The number of carboxylic acids is 1. The number of nitrogens with zero attached hydrogens (tertiary/aromatic N) is 2. The van der Waals surface area contributed by atoms with Gasteiger partial charge in [0, 0.05) is 4.47 Å². The third-order valence-corrected chi connectivity index (χ3v) is 2.99. The van der Waals surface area contributed by atoms with Crippen LogP contribution in [0.1, 0.15) is 26.4 Å². The second-order valence-electron chi connectivity index (χ2n) is 4.01. The van der Waals surface area contributed by atoms with Crippen LogP contribution in [0.3, 0.4) is 0 Å². The Morgan fingerprint density at radius 1 is 1.15 bits per heavy atom. The van der Waals surface area contributed by atoms with Crippen LogP contribution in [0.4, 0.5) is 5.82 Å². The standard InChI is InChI=1S/C13H10BrN3O3/c1-7-2-5-11(17-16-7)15-12(18)9-4-3-8(14)6-10(9)13(19)20/h2-6H,1H3,(H,19,20)(H,15,17,18). The molecular weight excluding hydrogens is 326 g/mol. The first-order chi connectivity index (χ1) is 9.47. The van der Waals surface area contributed by atoms with Gasteiger partial charge in [0.1, 0.15) is 0 Å². The van der Waals surface area contributed by atoms with Crippen molar-refractivity contribution in [3.05, 3.63) is 51.6 Å². The molecule has 0 saturated heterocycles. The van der Waals surface area contributed by atoms with E-state index in [-0.39, 0.29) is 16.9 Å². The number of benzene rings is 1. The maximum atomic E-state index is 12.1. The molecule has 20 heavy (non-hydrogen) atoms. The number of rotatable bonds is 3. The number of amides is 1. The molecule has 1 amide bonds. The zero-order valence-corrected chi connectivity index (χ0v) is 12.0. The van der Waals surface area contributed by atoms with Gasteiger partial charge in [-0.1, -0.05) is 15.9 Å². The minimum Gasteiger partial charge on any atom is -0.478 e. The van der Waals surface area contributed by atoms with Gasteiger partial charge in [-0.25, -0.2) is 4.79 Å². The van der Waals surface area contributed by atoms with Crippen LogP contribution in [0.25, 0.3) is 0 Å². The van der Waals surface area contributed by atoms with E-state index in [1.165, 1.54) is 12.1 Å². The van der Waals surface area contributed by atoms with Crippen LogP contribution in [0.5, 0.6) is 0 Å². The van der Waals surface area contributed by atoms with Crippen molar-refractivity contribution < 1.29 is 14.7 Å². The summed E-state index contributed by atoms with van der Waals surface area (Å²) in [6.07, 6.45) is 0. The van der Waals surface area contributed by atoms with E-state index in [4.69, 9.17) is 5.11 Å². The quantitative estimate of drug-likeness (QED) is 0.898. The van der Waals surface area contributed by atoms with E-state index in [0.29, 0.717) is 4.47 Å². The van der Waals surface area contributed by atoms with Gasteiger partial charge in [0.25, 0.3) is 5.91 Å². The SMILES string of the molecule is Cc1ccc(NC(=O)c2ccc(Br)cc2C(=O)O)nn1. The van der Waals surface area contributed by atoms with Crippen LogP contribution in [-0.2, 0) is 0 Å². The van der Waals surface area contributed by atoms with Crippen molar-refractivity contribution >= 4 is 33.6 Å². The molecule has 0 fully saturated rings. The summed E-state index contributed by atoms with van der Waals surface area (Å²) in [6.45, 7) is 1.77. The molecule has 102 valence electrons. The van der Waals surface area contributed by atoms with Crippen molar-refractivity contribution in [2.75, 3.05) is 5.32 Å². The third kappa shape index (κ3) is 3.18. The van der Waals surface area contributed by atoms with E-state index in [2.05, 4.69) is 31.4 Å². The molecule has 0 aliphatic rings. The maximum absolute atomic E-state index is 12.1. The molecule has 0 saturated carbocycles. The summed E-state index contributed by atoms with van der Waals surface area (Å²) in [6, 6.07) is 7.70. The number of anilines is 1. The number of aromatic nitrogens is 2. The van der Waals surface area contributed by atoms with Gasteiger partial charge in [0.2, 0.25) is 0 Å². The van der Waals surface area contributed by atoms with Gasteiger partial charge in [-0.15, -0.1) is 5.10 Å². The normalized spacial score (nSPS) is 10.1. The highest BCUT2D eigenvalue weighted by molar-refractivity contribution is 9.10. The highest BCUT2D eigenvalue weighted by atomic mass is 79.9. The van der Waals surface area contributed by atoms with Gasteiger partial charge < -0.3 is 10.4 Å². The number of nitrogens with one attached hydrogen (secondary N) is 1. The lowest BCUT2D eigenvalue weighted by molar-refractivity contribution is 0.0692. The minimum atomic E-state index is -1.17. The molecule has 2 aromatic rings. The number of halogens is 1. The molecule has 0 bridgehead atoms. The molecule has 0 atom stereocenters. The third-order valence-electron chi connectivity index (χ3n) is 2.50. The highest BCUT2D eigenvalue weighted by Gasteiger charge is 2.17. The first-order valence-corrected chi connectivity index (χ1v) is 6.41. The predicted molar refractivity (Wildman–Crippen MR) is 75.8 cm³/mol. The molecule has 0 unspecified atom stereocenters. The van der Waals surface area contributed by atoms with E-state index in [9.17, 15) is 9.59 Å². The van der Waals surface area contributed by atoms with Crippen molar-refractivity contribution in [2.24, 2.45) is 0 Å².